The monoisotopic (exact) mass is 392 g/mol. The Morgan fingerprint density at radius 2 is 1.83 bits per heavy atom. The van der Waals surface area contributed by atoms with Crippen molar-refractivity contribution in [2.24, 2.45) is 17.3 Å². The molecular formula is C20H25BrO3. The van der Waals surface area contributed by atoms with Gasteiger partial charge in [-0.15, -0.1) is 0 Å². The van der Waals surface area contributed by atoms with Gasteiger partial charge in [0.2, 0.25) is 0 Å². The van der Waals surface area contributed by atoms with E-state index in [1.54, 1.807) is 7.11 Å². The van der Waals surface area contributed by atoms with Gasteiger partial charge in [-0.05, 0) is 68.1 Å². The number of ether oxygens (including phenoxy) is 2. The summed E-state index contributed by atoms with van der Waals surface area (Å²) >= 11 is 3.96. The van der Waals surface area contributed by atoms with Crippen LogP contribution in [0.2, 0.25) is 0 Å². The maximum absolute atomic E-state index is 12.9. The van der Waals surface area contributed by atoms with Crippen LogP contribution in [-0.4, -0.2) is 24.0 Å². The molecule has 2 unspecified atom stereocenters. The largest absolute Gasteiger partial charge is 0.497 e. The lowest BCUT2D eigenvalue weighted by molar-refractivity contribution is -0.169. The number of methoxy groups -OCH3 is 1. The zero-order valence-electron chi connectivity index (χ0n) is 14.2. The van der Waals surface area contributed by atoms with Gasteiger partial charge < -0.3 is 9.47 Å². The quantitative estimate of drug-likeness (QED) is 0.545. The van der Waals surface area contributed by atoms with E-state index < -0.39 is 0 Å². The van der Waals surface area contributed by atoms with Crippen LogP contribution in [0.3, 0.4) is 0 Å². The molecule has 0 aromatic heterocycles. The zero-order valence-corrected chi connectivity index (χ0v) is 15.8. The van der Waals surface area contributed by atoms with Crippen molar-refractivity contribution in [2.75, 3.05) is 13.7 Å². The van der Waals surface area contributed by atoms with Crippen molar-refractivity contribution >= 4 is 21.9 Å². The summed E-state index contributed by atoms with van der Waals surface area (Å²) in [7, 11) is 1.67. The first-order valence-corrected chi connectivity index (χ1v) is 9.79. The average Bonchev–Trinajstić information content (AvgIpc) is 2.53. The van der Waals surface area contributed by atoms with Gasteiger partial charge in [0, 0.05) is 10.7 Å². The van der Waals surface area contributed by atoms with Gasteiger partial charge >= 0.3 is 5.97 Å². The minimum absolute atomic E-state index is 0.0499. The van der Waals surface area contributed by atoms with Gasteiger partial charge in [-0.1, -0.05) is 28.1 Å². The van der Waals surface area contributed by atoms with E-state index in [1.807, 2.05) is 24.3 Å². The fraction of sp³-hybridized carbons (Fsp3) is 0.650. The Morgan fingerprint density at radius 3 is 2.42 bits per heavy atom. The Bertz CT molecular complexity index is 610. The first-order valence-electron chi connectivity index (χ1n) is 8.99. The second-order valence-electron chi connectivity index (χ2n) is 8.13. The molecule has 130 valence electrons. The second-order valence-corrected chi connectivity index (χ2v) is 9.81. The van der Waals surface area contributed by atoms with Crippen LogP contribution in [-0.2, 0) is 16.0 Å². The number of esters is 1. The lowest BCUT2D eigenvalue weighted by atomic mass is 9.49. The fourth-order valence-electron chi connectivity index (χ4n) is 5.60. The third-order valence-electron chi connectivity index (χ3n) is 6.21. The smallest absolute Gasteiger partial charge is 0.312 e. The van der Waals surface area contributed by atoms with Crippen molar-refractivity contribution in [3.05, 3.63) is 29.8 Å². The molecule has 4 aliphatic rings. The number of hydrogen-bond acceptors (Lipinski definition) is 3. The van der Waals surface area contributed by atoms with Gasteiger partial charge in [0.05, 0.1) is 19.1 Å². The summed E-state index contributed by atoms with van der Waals surface area (Å²) in [5.41, 5.74) is 0.958. The van der Waals surface area contributed by atoms with Crippen molar-refractivity contribution < 1.29 is 14.3 Å². The molecule has 0 spiro atoms. The minimum atomic E-state index is -0.215. The summed E-state index contributed by atoms with van der Waals surface area (Å²) in [6.45, 7) is 0.470. The Labute approximate surface area is 152 Å². The van der Waals surface area contributed by atoms with E-state index in [0.29, 0.717) is 18.4 Å². The van der Waals surface area contributed by atoms with Crippen molar-refractivity contribution in [1.29, 1.82) is 0 Å². The molecule has 3 nitrogen and oxygen atoms in total. The van der Waals surface area contributed by atoms with Crippen LogP contribution in [0.1, 0.15) is 44.1 Å². The highest BCUT2D eigenvalue weighted by Gasteiger charge is 2.60. The molecule has 0 N–H and O–H groups in total. The van der Waals surface area contributed by atoms with Crippen molar-refractivity contribution in [3.8, 4) is 5.75 Å². The molecule has 4 atom stereocenters. The molecule has 5 rings (SSSR count). The Hall–Kier alpha value is -1.03. The lowest BCUT2D eigenvalue weighted by Gasteiger charge is -2.58. The Kier molecular flexibility index (Phi) is 4.14. The number of rotatable bonds is 5. The van der Waals surface area contributed by atoms with E-state index in [9.17, 15) is 4.79 Å². The molecule has 1 aromatic rings. The molecule has 4 heteroatoms. The van der Waals surface area contributed by atoms with Crippen LogP contribution >= 0.6 is 15.9 Å². The summed E-state index contributed by atoms with van der Waals surface area (Å²) in [4.78, 5) is 12.9. The summed E-state index contributed by atoms with van der Waals surface area (Å²) in [5.74, 6) is 2.32. The molecule has 4 aliphatic carbocycles. The van der Waals surface area contributed by atoms with Gasteiger partial charge in [-0.25, -0.2) is 0 Å². The lowest BCUT2D eigenvalue weighted by Crippen LogP contribution is -2.56. The zero-order chi connectivity index (χ0) is 16.8. The molecule has 4 fully saturated rings. The second kappa shape index (κ2) is 6.05. The highest BCUT2D eigenvalue weighted by Crippen LogP contribution is 2.64. The van der Waals surface area contributed by atoms with Crippen LogP contribution in [0.4, 0.5) is 0 Å². The predicted molar refractivity (Wildman–Crippen MR) is 96.4 cm³/mol. The maximum atomic E-state index is 12.9. The van der Waals surface area contributed by atoms with Gasteiger partial charge in [0.15, 0.2) is 0 Å². The number of carbonyl (C=O) groups is 1. The summed E-state index contributed by atoms with van der Waals surface area (Å²) in [6.07, 6.45) is 7.60. The van der Waals surface area contributed by atoms with E-state index in [1.165, 1.54) is 24.8 Å². The average molecular weight is 393 g/mol. The number of halogens is 1. The molecule has 0 amide bonds. The van der Waals surface area contributed by atoms with Gasteiger partial charge in [-0.3, -0.25) is 4.79 Å². The van der Waals surface area contributed by atoms with Gasteiger partial charge in [0.1, 0.15) is 5.75 Å². The normalized spacial score (nSPS) is 36.6. The molecular weight excluding hydrogens is 368 g/mol. The fourth-order valence-corrected chi connectivity index (χ4v) is 7.05. The van der Waals surface area contributed by atoms with Crippen LogP contribution in [0.5, 0.6) is 5.75 Å². The predicted octanol–water partition coefficient (Wildman–Crippen LogP) is 4.51. The SMILES string of the molecule is COc1ccc(CCOC(=O)C23C[C@@H]4C[C@@H](CC(Br)(C4)C2)C3)cc1. The summed E-state index contributed by atoms with van der Waals surface area (Å²) < 4.78 is 11.1. The van der Waals surface area contributed by atoms with Crippen LogP contribution in [0.15, 0.2) is 24.3 Å². The highest BCUT2D eigenvalue weighted by molar-refractivity contribution is 9.10. The van der Waals surface area contributed by atoms with E-state index in [2.05, 4.69) is 15.9 Å². The van der Waals surface area contributed by atoms with Crippen LogP contribution in [0.25, 0.3) is 0 Å². The number of carbonyl (C=O) groups excluding carboxylic acids is 1. The number of hydrogen-bond donors (Lipinski definition) is 0. The van der Waals surface area contributed by atoms with E-state index in [0.717, 1.165) is 31.4 Å². The van der Waals surface area contributed by atoms with Crippen molar-refractivity contribution in [3.63, 3.8) is 0 Å². The maximum Gasteiger partial charge on any atom is 0.312 e. The highest BCUT2D eigenvalue weighted by atomic mass is 79.9. The molecule has 24 heavy (non-hydrogen) atoms. The summed E-state index contributed by atoms with van der Waals surface area (Å²) in [5, 5.41) is 0. The standard InChI is InChI=1S/C20H25BrO3/c1-23-17-4-2-14(3-5-17)6-7-24-18(22)19-9-15-8-16(10-19)12-20(21,11-15)13-19/h2-5,15-16H,6-13H2,1H3/t15-,16+,19?,20?. The third-order valence-corrected chi connectivity index (χ3v) is 7.13. The molecule has 0 radical (unpaired) electrons. The van der Waals surface area contributed by atoms with E-state index in [-0.39, 0.29) is 15.7 Å². The Balaban J connectivity index is 1.36. The van der Waals surface area contributed by atoms with Crippen LogP contribution < -0.4 is 4.74 Å². The number of benzene rings is 1. The van der Waals surface area contributed by atoms with Crippen molar-refractivity contribution in [1.82, 2.24) is 0 Å². The Morgan fingerprint density at radius 1 is 1.17 bits per heavy atom. The molecule has 0 saturated heterocycles. The first-order chi connectivity index (χ1) is 11.5. The molecule has 1 aromatic carbocycles. The third kappa shape index (κ3) is 2.98. The minimum Gasteiger partial charge on any atom is -0.497 e. The van der Waals surface area contributed by atoms with E-state index >= 15 is 0 Å². The summed E-state index contributed by atoms with van der Waals surface area (Å²) in [6, 6.07) is 7.96. The molecule has 4 bridgehead atoms. The van der Waals surface area contributed by atoms with Gasteiger partial charge in [-0.2, -0.15) is 0 Å². The number of alkyl halides is 1. The molecule has 4 saturated carbocycles. The van der Waals surface area contributed by atoms with Crippen LogP contribution in [0, 0.1) is 17.3 Å². The molecule has 0 aliphatic heterocycles. The molecule has 0 heterocycles. The van der Waals surface area contributed by atoms with Gasteiger partial charge in [0.25, 0.3) is 0 Å². The topological polar surface area (TPSA) is 35.5 Å². The first kappa shape index (κ1) is 16.4. The van der Waals surface area contributed by atoms with Crippen molar-refractivity contribution in [2.45, 2.75) is 49.3 Å². The van der Waals surface area contributed by atoms with E-state index in [4.69, 9.17) is 9.47 Å².